The molecule has 0 saturated heterocycles. The normalized spacial score (nSPS) is 15.1. The van der Waals surface area contributed by atoms with Crippen molar-refractivity contribution in [3.05, 3.63) is 28.8 Å². The summed E-state index contributed by atoms with van der Waals surface area (Å²) in [6.45, 7) is 10.3. The van der Waals surface area contributed by atoms with Crippen LogP contribution in [0.2, 0.25) is 5.02 Å². The SMILES string of the molecule is CCOc1ccc(C(C)NS(=O)C(C)(C)C)c(Cl)c1. The number of halogens is 1. The predicted octanol–water partition coefficient (Wildman–Crippen LogP) is 3.85. The lowest BCUT2D eigenvalue weighted by Gasteiger charge is -2.22. The Labute approximate surface area is 123 Å². The fraction of sp³-hybridized carbons (Fsp3) is 0.571. The predicted molar refractivity (Wildman–Crippen MR) is 82.1 cm³/mol. The number of hydrogen-bond donors (Lipinski definition) is 1. The van der Waals surface area contributed by atoms with Gasteiger partial charge in [-0.1, -0.05) is 17.7 Å². The molecule has 0 amide bonds. The minimum absolute atomic E-state index is 0.0803. The summed E-state index contributed by atoms with van der Waals surface area (Å²) >= 11 is 6.24. The van der Waals surface area contributed by atoms with E-state index in [0.29, 0.717) is 11.6 Å². The van der Waals surface area contributed by atoms with Crippen LogP contribution in [0.1, 0.15) is 46.2 Å². The van der Waals surface area contributed by atoms with E-state index in [1.54, 1.807) is 6.07 Å². The Hall–Kier alpha value is -0.580. The molecular weight excluding hydrogens is 282 g/mol. The second-order valence-corrected chi connectivity index (χ2v) is 7.74. The van der Waals surface area contributed by atoms with Gasteiger partial charge in [-0.3, -0.25) is 0 Å². The quantitative estimate of drug-likeness (QED) is 0.897. The number of rotatable bonds is 5. The lowest BCUT2D eigenvalue weighted by atomic mass is 10.1. The van der Waals surface area contributed by atoms with Crippen LogP contribution in [0.25, 0.3) is 0 Å². The number of benzene rings is 1. The van der Waals surface area contributed by atoms with E-state index in [0.717, 1.165) is 11.3 Å². The van der Waals surface area contributed by atoms with Crippen molar-refractivity contribution in [2.45, 2.75) is 45.4 Å². The van der Waals surface area contributed by atoms with E-state index in [2.05, 4.69) is 4.72 Å². The molecule has 1 rings (SSSR count). The molecule has 0 aliphatic rings. The highest BCUT2D eigenvalue weighted by atomic mass is 35.5. The summed E-state index contributed by atoms with van der Waals surface area (Å²) in [6, 6.07) is 5.50. The van der Waals surface area contributed by atoms with E-state index in [1.165, 1.54) is 0 Å². The summed E-state index contributed by atoms with van der Waals surface area (Å²) in [4.78, 5) is 0. The minimum Gasteiger partial charge on any atom is -0.494 e. The molecule has 5 heteroatoms. The average molecular weight is 304 g/mol. The third kappa shape index (κ3) is 4.79. The second kappa shape index (κ2) is 6.73. The lowest BCUT2D eigenvalue weighted by molar-refractivity contribution is 0.340. The van der Waals surface area contributed by atoms with Gasteiger partial charge in [0.2, 0.25) is 0 Å². The van der Waals surface area contributed by atoms with Gasteiger partial charge in [0.05, 0.1) is 22.3 Å². The molecule has 108 valence electrons. The number of nitrogens with one attached hydrogen (secondary N) is 1. The van der Waals surface area contributed by atoms with Crippen molar-refractivity contribution in [3.63, 3.8) is 0 Å². The molecule has 0 saturated carbocycles. The molecule has 0 spiro atoms. The lowest BCUT2D eigenvalue weighted by Crippen LogP contribution is -2.34. The first-order chi connectivity index (χ1) is 8.75. The van der Waals surface area contributed by atoms with E-state index in [-0.39, 0.29) is 10.8 Å². The minimum atomic E-state index is -1.12. The number of hydrogen-bond acceptors (Lipinski definition) is 2. The summed E-state index contributed by atoms with van der Waals surface area (Å²) in [6.07, 6.45) is 0. The first-order valence-corrected chi connectivity index (χ1v) is 7.88. The van der Waals surface area contributed by atoms with Crippen LogP contribution in [-0.4, -0.2) is 15.6 Å². The van der Waals surface area contributed by atoms with Crippen LogP contribution in [0.4, 0.5) is 0 Å². The van der Waals surface area contributed by atoms with Gasteiger partial charge in [0.1, 0.15) is 5.75 Å². The zero-order chi connectivity index (χ0) is 14.6. The van der Waals surface area contributed by atoms with Crippen molar-refractivity contribution in [1.29, 1.82) is 0 Å². The highest BCUT2D eigenvalue weighted by molar-refractivity contribution is 7.84. The van der Waals surface area contributed by atoms with E-state index in [1.807, 2.05) is 46.8 Å². The van der Waals surface area contributed by atoms with Crippen LogP contribution in [0.15, 0.2) is 18.2 Å². The largest absolute Gasteiger partial charge is 0.494 e. The summed E-state index contributed by atoms with van der Waals surface area (Å²) in [5, 5.41) is 0.622. The fourth-order valence-corrected chi connectivity index (χ4v) is 2.65. The highest BCUT2D eigenvalue weighted by Gasteiger charge is 2.22. The van der Waals surface area contributed by atoms with E-state index < -0.39 is 11.0 Å². The van der Waals surface area contributed by atoms with E-state index in [4.69, 9.17) is 16.3 Å². The first-order valence-electron chi connectivity index (χ1n) is 6.36. The maximum absolute atomic E-state index is 12.1. The van der Waals surface area contributed by atoms with Gasteiger partial charge < -0.3 is 4.74 Å². The molecule has 2 atom stereocenters. The Balaban J connectivity index is 2.83. The summed E-state index contributed by atoms with van der Waals surface area (Å²) < 4.78 is 20.2. The number of ether oxygens (including phenoxy) is 1. The van der Waals surface area contributed by atoms with Crippen LogP contribution >= 0.6 is 11.6 Å². The zero-order valence-electron chi connectivity index (χ0n) is 12.1. The van der Waals surface area contributed by atoms with Gasteiger partial charge in [-0.2, -0.15) is 0 Å². The van der Waals surface area contributed by atoms with Crippen molar-refractivity contribution in [2.24, 2.45) is 0 Å². The molecule has 0 aromatic heterocycles. The standard InChI is InChI=1S/C14H22ClNO2S/c1-6-18-11-7-8-12(13(15)9-11)10(2)16-19(17)14(3,4)5/h7-10,16H,6H2,1-5H3. The third-order valence-corrected chi connectivity index (χ3v) is 4.60. The Morgan fingerprint density at radius 2 is 2.05 bits per heavy atom. The van der Waals surface area contributed by atoms with Gasteiger partial charge in [-0.05, 0) is 52.3 Å². The summed E-state index contributed by atoms with van der Waals surface area (Å²) in [7, 11) is -1.12. The summed E-state index contributed by atoms with van der Waals surface area (Å²) in [5.41, 5.74) is 0.919. The van der Waals surface area contributed by atoms with Crippen molar-refractivity contribution < 1.29 is 8.95 Å². The van der Waals surface area contributed by atoms with Gasteiger partial charge in [0.25, 0.3) is 0 Å². The highest BCUT2D eigenvalue weighted by Crippen LogP contribution is 2.28. The molecular formula is C14H22ClNO2S. The molecule has 2 unspecified atom stereocenters. The fourth-order valence-electron chi connectivity index (χ4n) is 1.52. The zero-order valence-corrected chi connectivity index (χ0v) is 13.7. The van der Waals surface area contributed by atoms with Gasteiger partial charge in [0, 0.05) is 11.1 Å². The monoisotopic (exact) mass is 303 g/mol. The summed E-state index contributed by atoms with van der Waals surface area (Å²) in [5.74, 6) is 0.750. The Kier molecular flexibility index (Phi) is 5.83. The molecule has 0 heterocycles. The average Bonchev–Trinajstić information content (AvgIpc) is 2.27. The smallest absolute Gasteiger partial charge is 0.120 e. The van der Waals surface area contributed by atoms with Crippen LogP contribution in [0.5, 0.6) is 5.75 Å². The molecule has 1 aromatic rings. The Morgan fingerprint density at radius 3 is 2.53 bits per heavy atom. The molecule has 19 heavy (non-hydrogen) atoms. The second-order valence-electron chi connectivity index (χ2n) is 5.34. The van der Waals surface area contributed by atoms with Crippen molar-refractivity contribution in [1.82, 2.24) is 4.72 Å². The molecule has 1 N–H and O–H groups in total. The molecule has 0 fully saturated rings. The van der Waals surface area contributed by atoms with Gasteiger partial charge in [0.15, 0.2) is 0 Å². The van der Waals surface area contributed by atoms with Gasteiger partial charge in [-0.15, -0.1) is 0 Å². The maximum Gasteiger partial charge on any atom is 0.120 e. The van der Waals surface area contributed by atoms with Crippen LogP contribution in [0, 0.1) is 0 Å². The van der Waals surface area contributed by atoms with Crippen molar-refractivity contribution >= 4 is 22.6 Å². The Morgan fingerprint density at radius 1 is 1.42 bits per heavy atom. The molecule has 0 bridgehead atoms. The molecule has 3 nitrogen and oxygen atoms in total. The Bertz CT molecular complexity index is 457. The van der Waals surface area contributed by atoms with E-state index >= 15 is 0 Å². The van der Waals surface area contributed by atoms with Crippen LogP contribution in [-0.2, 0) is 11.0 Å². The topological polar surface area (TPSA) is 38.3 Å². The third-order valence-electron chi connectivity index (χ3n) is 2.59. The van der Waals surface area contributed by atoms with Crippen LogP contribution < -0.4 is 9.46 Å². The molecule has 0 aliphatic heterocycles. The molecule has 0 aliphatic carbocycles. The molecule has 0 radical (unpaired) electrons. The van der Waals surface area contributed by atoms with Crippen LogP contribution in [0.3, 0.4) is 0 Å². The van der Waals surface area contributed by atoms with Gasteiger partial charge in [-0.25, -0.2) is 8.93 Å². The maximum atomic E-state index is 12.1. The first kappa shape index (κ1) is 16.5. The van der Waals surface area contributed by atoms with E-state index in [9.17, 15) is 4.21 Å². The van der Waals surface area contributed by atoms with Gasteiger partial charge >= 0.3 is 0 Å². The van der Waals surface area contributed by atoms with Crippen molar-refractivity contribution in [3.8, 4) is 5.75 Å². The van der Waals surface area contributed by atoms with Crippen molar-refractivity contribution in [2.75, 3.05) is 6.61 Å². The molecule has 1 aromatic carbocycles.